The van der Waals surface area contributed by atoms with Crippen molar-refractivity contribution in [2.75, 3.05) is 0 Å². The van der Waals surface area contributed by atoms with Crippen molar-refractivity contribution in [3.63, 3.8) is 0 Å². The summed E-state index contributed by atoms with van der Waals surface area (Å²) in [4.78, 5) is 11.9. The third kappa shape index (κ3) is 4.15. The van der Waals surface area contributed by atoms with Gasteiger partial charge in [-0.05, 0) is 47.1 Å². The zero-order valence-electron chi connectivity index (χ0n) is 11.1. The van der Waals surface area contributed by atoms with Crippen LogP contribution < -0.4 is 5.43 Å². The molecule has 21 heavy (non-hydrogen) atoms. The summed E-state index contributed by atoms with van der Waals surface area (Å²) in [5, 5.41) is 13.7. The van der Waals surface area contributed by atoms with Crippen molar-refractivity contribution in [3.05, 3.63) is 62.0 Å². The largest absolute Gasteiger partial charge is 0.506 e. The summed E-state index contributed by atoms with van der Waals surface area (Å²) in [6, 6.07) is 10.6. The summed E-state index contributed by atoms with van der Waals surface area (Å²) >= 11 is 6.55. The zero-order valence-corrected chi connectivity index (χ0v) is 14.3. The van der Waals surface area contributed by atoms with E-state index in [2.05, 4.69) is 42.4 Å². The van der Waals surface area contributed by atoms with E-state index in [1.165, 1.54) is 6.21 Å². The molecule has 0 spiro atoms. The first-order valence-electron chi connectivity index (χ1n) is 6.05. The van der Waals surface area contributed by atoms with Gasteiger partial charge < -0.3 is 5.11 Å². The topological polar surface area (TPSA) is 61.7 Å². The van der Waals surface area contributed by atoms with Gasteiger partial charge in [0.2, 0.25) is 0 Å². The van der Waals surface area contributed by atoms with Gasteiger partial charge in [0.25, 0.3) is 5.91 Å². The molecule has 0 saturated heterocycles. The minimum atomic E-state index is -0.306. The van der Waals surface area contributed by atoms with Crippen molar-refractivity contribution in [1.29, 1.82) is 0 Å². The lowest BCUT2D eigenvalue weighted by atomic mass is 10.1. The molecule has 2 aromatic carbocycles. The van der Waals surface area contributed by atoms with Crippen LogP contribution in [0.3, 0.4) is 0 Å². The highest BCUT2D eigenvalue weighted by molar-refractivity contribution is 9.11. The molecule has 0 radical (unpaired) electrons. The number of rotatable bonds is 3. The Morgan fingerprint density at radius 3 is 2.57 bits per heavy atom. The fourth-order valence-electron chi connectivity index (χ4n) is 1.61. The number of nitrogens with zero attached hydrogens (tertiary/aromatic N) is 1. The summed E-state index contributed by atoms with van der Waals surface area (Å²) in [6.45, 7) is 1.95. The van der Waals surface area contributed by atoms with Gasteiger partial charge in [-0.2, -0.15) is 5.10 Å². The van der Waals surface area contributed by atoms with Crippen LogP contribution >= 0.6 is 31.9 Å². The van der Waals surface area contributed by atoms with Crippen LogP contribution in [0, 0.1) is 6.92 Å². The van der Waals surface area contributed by atoms with Crippen molar-refractivity contribution in [3.8, 4) is 5.75 Å². The maximum atomic E-state index is 11.9. The number of benzene rings is 2. The smallest absolute Gasteiger partial charge is 0.271 e. The number of hydrazone groups is 1. The Bertz CT molecular complexity index is 698. The van der Waals surface area contributed by atoms with E-state index in [-0.39, 0.29) is 11.7 Å². The van der Waals surface area contributed by atoms with Crippen molar-refractivity contribution in [2.24, 2.45) is 5.10 Å². The maximum Gasteiger partial charge on any atom is 0.271 e. The summed E-state index contributed by atoms with van der Waals surface area (Å²) in [6.07, 6.45) is 1.39. The fraction of sp³-hybridized carbons (Fsp3) is 0.0667. The average molecular weight is 412 g/mol. The SMILES string of the molecule is Cc1ccc(C(=O)N/N=C/c2cc(Br)cc(Br)c2O)cc1. The third-order valence-corrected chi connectivity index (χ3v) is 3.80. The predicted molar refractivity (Wildman–Crippen MR) is 89.7 cm³/mol. The highest BCUT2D eigenvalue weighted by Crippen LogP contribution is 2.30. The van der Waals surface area contributed by atoms with Crippen molar-refractivity contribution >= 4 is 44.0 Å². The quantitative estimate of drug-likeness (QED) is 0.592. The molecule has 4 nitrogen and oxygen atoms in total. The molecular formula is C15H12Br2N2O2. The normalized spacial score (nSPS) is 10.8. The number of hydrogen-bond donors (Lipinski definition) is 2. The van der Waals surface area contributed by atoms with E-state index in [0.29, 0.717) is 15.6 Å². The van der Waals surface area contributed by atoms with Gasteiger partial charge in [-0.15, -0.1) is 0 Å². The van der Waals surface area contributed by atoms with E-state index >= 15 is 0 Å². The molecule has 108 valence electrons. The monoisotopic (exact) mass is 410 g/mol. The summed E-state index contributed by atoms with van der Waals surface area (Å²) in [5.41, 5.74) is 4.52. The van der Waals surface area contributed by atoms with E-state index in [1.54, 1.807) is 24.3 Å². The number of amides is 1. The Labute approximate surface area is 139 Å². The Morgan fingerprint density at radius 1 is 1.24 bits per heavy atom. The lowest BCUT2D eigenvalue weighted by Crippen LogP contribution is -2.17. The molecule has 0 aliphatic heterocycles. The average Bonchev–Trinajstić information content (AvgIpc) is 2.44. The van der Waals surface area contributed by atoms with Crippen LogP contribution in [0.15, 0.2) is 50.4 Å². The molecule has 6 heteroatoms. The van der Waals surface area contributed by atoms with Gasteiger partial charge in [0.1, 0.15) is 5.75 Å². The summed E-state index contributed by atoms with van der Waals surface area (Å²) < 4.78 is 1.33. The molecule has 1 amide bonds. The van der Waals surface area contributed by atoms with Crippen molar-refractivity contribution in [1.82, 2.24) is 5.43 Å². The van der Waals surface area contributed by atoms with E-state index in [4.69, 9.17) is 0 Å². The Morgan fingerprint density at radius 2 is 1.90 bits per heavy atom. The first kappa shape index (κ1) is 15.7. The second kappa shape index (κ2) is 6.87. The molecule has 0 bridgehead atoms. The predicted octanol–water partition coefficient (Wildman–Crippen LogP) is 3.99. The molecule has 0 aliphatic carbocycles. The number of carbonyl (C=O) groups excluding carboxylic acids is 1. The summed E-state index contributed by atoms with van der Waals surface area (Å²) in [7, 11) is 0. The fourth-order valence-corrected chi connectivity index (χ4v) is 2.87. The minimum absolute atomic E-state index is 0.0616. The van der Waals surface area contributed by atoms with Crippen LogP contribution in [-0.2, 0) is 0 Å². The van der Waals surface area contributed by atoms with Crippen LogP contribution in [0.1, 0.15) is 21.5 Å². The number of halogens is 2. The first-order chi connectivity index (χ1) is 9.97. The van der Waals surface area contributed by atoms with E-state index in [1.807, 2.05) is 19.1 Å². The van der Waals surface area contributed by atoms with Crippen molar-refractivity contribution < 1.29 is 9.90 Å². The Balaban J connectivity index is 2.09. The molecule has 2 N–H and O–H groups in total. The molecular weight excluding hydrogens is 400 g/mol. The zero-order chi connectivity index (χ0) is 15.4. The highest BCUT2D eigenvalue weighted by Gasteiger charge is 2.06. The minimum Gasteiger partial charge on any atom is -0.506 e. The second-order valence-electron chi connectivity index (χ2n) is 4.39. The van der Waals surface area contributed by atoms with Crippen LogP contribution in [0.4, 0.5) is 0 Å². The van der Waals surface area contributed by atoms with Crippen LogP contribution in [0.25, 0.3) is 0 Å². The molecule has 0 aliphatic rings. The number of aryl methyl sites for hydroxylation is 1. The maximum absolute atomic E-state index is 11.9. The molecule has 2 aromatic rings. The standard InChI is InChI=1S/C15H12Br2N2O2/c1-9-2-4-10(5-3-9)15(21)19-18-8-11-6-12(16)7-13(17)14(11)20/h2-8,20H,1H3,(H,19,21)/b18-8+. The van der Waals surface area contributed by atoms with Gasteiger partial charge in [-0.3, -0.25) is 4.79 Å². The third-order valence-electron chi connectivity index (χ3n) is 2.74. The number of carbonyl (C=O) groups is 1. The number of nitrogens with one attached hydrogen (secondary N) is 1. The number of phenols is 1. The van der Waals surface area contributed by atoms with Crippen molar-refractivity contribution in [2.45, 2.75) is 6.92 Å². The highest BCUT2D eigenvalue weighted by atomic mass is 79.9. The molecule has 0 atom stereocenters. The molecule has 0 fully saturated rings. The molecule has 0 heterocycles. The van der Waals surface area contributed by atoms with Gasteiger partial charge in [-0.1, -0.05) is 33.6 Å². The Kier molecular flexibility index (Phi) is 5.14. The van der Waals surface area contributed by atoms with E-state index < -0.39 is 0 Å². The molecule has 2 rings (SSSR count). The lowest BCUT2D eigenvalue weighted by molar-refractivity contribution is 0.0955. The number of aromatic hydroxyl groups is 1. The van der Waals surface area contributed by atoms with Gasteiger partial charge in [-0.25, -0.2) is 5.43 Å². The molecule has 0 saturated carbocycles. The first-order valence-corrected chi connectivity index (χ1v) is 7.64. The van der Waals surface area contributed by atoms with E-state index in [0.717, 1.165) is 10.0 Å². The van der Waals surface area contributed by atoms with Gasteiger partial charge in [0, 0.05) is 15.6 Å². The van der Waals surface area contributed by atoms with Crippen LogP contribution in [0.5, 0.6) is 5.75 Å². The van der Waals surface area contributed by atoms with Crippen LogP contribution in [0.2, 0.25) is 0 Å². The second-order valence-corrected chi connectivity index (χ2v) is 6.16. The van der Waals surface area contributed by atoms with Gasteiger partial charge in [0.15, 0.2) is 0 Å². The number of phenolic OH excluding ortho intramolecular Hbond substituents is 1. The van der Waals surface area contributed by atoms with Crippen LogP contribution in [-0.4, -0.2) is 17.2 Å². The van der Waals surface area contributed by atoms with E-state index in [9.17, 15) is 9.90 Å². The lowest BCUT2D eigenvalue weighted by Gasteiger charge is -2.03. The number of hydrogen-bond acceptors (Lipinski definition) is 3. The summed E-state index contributed by atoms with van der Waals surface area (Å²) in [5.74, 6) is -0.244. The molecule has 0 aromatic heterocycles. The molecule has 0 unspecified atom stereocenters. The van der Waals surface area contributed by atoms with Gasteiger partial charge >= 0.3 is 0 Å². The Hall–Kier alpha value is -1.66. The van der Waals surface area contributed by atoms with Gasteiger partial charge in [0.05, 0.1) is 10.7 Å².